The Kier molecular flexibility index (Phi) is 5.65. The summed E-state index contributed by atoms with van der Waals surface area (Å²) in [6, 6.07) is 8.87. The first-order valence-electron chi connectivity index (χ1n) is 11.4. The molecule has 4 aliphatic rings. The molecule has 180 valence electrons. The molecule has 2 aromatic carbocycles. The average molecular weight is 623 g/mol. The topological polar surface area (TPSA) is 68.2 Å². The van der Waals surface area contributed by atoms with Gasteiger partial charge in [-0.1, -0.05) is 41.4 Å². The van der Waals surface area contributed by atoms with E-state index in [1.807, 2.05) is 12.1 Å². The molecule has 6 nitrogen and oxygen atoms in total. The minimum absolute atomic E-state index is 0.173. The first-order valence-corrected chi connectivity index (χ1v) is 13.2. The number of rotatable bonds is 6. The van der Waals surface area contributed by atoms with Gasteiger partial charge in [0.2, 0.25) is 0 Å². The first kappa shape index (κ1) is 23.3. The lowest BCUT2D eigenvalue weighted by Gasteiger charge is -2.18. The first-order chi connectivity index (χ1) is 16.8. The van der Waals surface area contributed by atoms with E-state index in [4.69, 9.17) is 32.7 Å². The van der Waals surface area contributed by atoms with E-state index in [9.17, 15) is 9.59 Å². The third kappa shape index (κ3) is 3.61. The highest BCUT2D eigenvalue weighted by molar-refractivity contribution is 14.1. The van der Waals surface area contributed by atoms with E-state index in [1.54, 1.807) is 25.3 Å². The van der Waals surface area contributed by atoms with Crippen LogP contribution in [0.4, 0.5) is 0 Å². The molecule has 2 saturated carbocycles. The number of amides is 2. The second kappa shape index (κ2) is 8.49. The summed E-state index contributed by atoms with van der Waals surface area (Å²) < 4.78 is 12.3. The fourth-order valence-electron chi connectivity index (χ4n) is 6.04. The summed E-state index contributed by atoms with van der Waals surface area (Å²) in [6.45, 7) is 0.243. The van der Waals surface area contributed by atoms with Crippen molar-refractivity contribution in [3.63, 3.8) is 0 Å². The van der Waals surface area contributed by atoms with Crippen LogP contribution in [0.5, 0.6) is 11.5 Å². The van der Waals surface area contributed by atoms with Crippen molar-refractivity contribution in [1.82, 2.24) is 5.01 Å². The number of fused-ring (bicyclic) bond motifs is 3. The average Bonchev–Trinajstić information content (AvgIpc) is 3.43. The minimum Gasteiger partial charge on any atom is -0.493 e. The third-order valence-corrected chi connectivity index (χ3v) is 9.18. The van der Waals surface area contributed by atoms with Crippen molar-refractivity contribution in [2.24, 2.45) is 34.2 Å². The molecule has 1 saturated heterocycles. The van der Waals surface area contributed by atoms with E-state index >= 15 is 0 Å². The highest BCUT2D eigenvalue weighted by Crippen LogP contribution is 2.73. The van der Waals surface area contributed by atoms with Gasteiger partial charge in [0.15, 0.2) is 11.5 Å². The van der Waals surface area contributed by atoms with Gasteiger partial charge in [-0.3, -0.25) is 9.59 Å². The maximum atomic E-state index is 13.1. The summed E-state index contributed by atoms with van der Waals surface area (Å²) in [5.41, 5.74) is 1.67. The number of halogens is 3. The van der Waals surface area contributed by atoms with Crippen LogP contribution in [0.15, 0.2) is 47.6 Å². The molecule has 0 aromatic heterocycles. The fraction of sp³-hybridized carbons (Fsp3) is 0.346. The number of carbonyl (C=O) groups excluding carboxylic acids is 2. The quantitative estimate of drug-likeness (QED) is 0.179. The third-order valence-electron chi connectivity index (χ3n) is 7.79. The molecular formula is C26H21Cl2IN2O4. The van der Waals surface area contributed by atoms with Crippen molar-refractivity contribution in [3.8, 4) is 11.5 Å². The molecule has 1 aliphatic heterocycles. The molecule has 1 spiro atoms. The van der Waals surface area contributed by atoms with E-state index in [-0.39, 0.29) is 47.5 Å². The van der Waals surface area contributed by atoms with Crippen molar-refractivity contribution >= 4 is 63.8 Å². The van der Waals surface area contributed by atoms with Crippen molar-refractivity contribution in [2.45, 2.75) is 19.4 Å². The highest BCUT2D eigenvalue weighted by atomic mass is 127. The van der Waals surface area contributed by atoms with E-state index in [0.717, 1.165) is 27.0 Å². The zero-order chi connectivity index (χ0) is 24.5. The van der Waals surface area contributed by atoms with Crippen LogP contribution >= 0.6 is 45.8 Å². The number of carbonyl (C=O) groups is 2. The van der Waals surface area contributed by atoms with E-state index in [0.29, 0.717) is 27.1 Å². The van der Waals surface area contributed by atoms with Crippen molar-refractivity contribution in [1.29, 1.82) is 0 Å². The molecule has 2 bridgehead atoms. The molecule has 9 heteroatoms. The predicted molar refractivity (Wildman–Crippen MR) is 141 cm³/mol. The van der Waals surface area contributed by atoms with E-state index in [2.05, 4.69) is 39.8 Å². The molecular weight excluding hydrogens is 602 g/mol. The van der Waals surface area contributed by atoms with E-state index < -0.39 is 0 Å². The summed E-state index contributed by atoms with van der Waals surface area (Å²) >= 11 is 14.4. The molecule has 2 amide bonds. The molecule has 0 radical (unpaired) electrons. The second-order valence-electron chi connectivity index (χ2n) is 9.51. The smallest absolute Gasteiger partial charge is 0.254 e. The monoisotopic (exact) mass is 622 g/mol. The molecule has 0 unspecified atom stereocenters. The largest absolute Gasteiger partial charge is 0.493 e. The number of allylic oxidation sites excluding steroid dienone is 2. The van der Waals surface area contributed by atoms with Crippen LogP contribution in [0.3, 0.4) is 0 Å². The van der Waals surface area contributed by atoms with Crippen LogP contribution in [0.25, 0.3) is 0 Å². The van der Waals surface area contributed by atoms with Crippen LogP contribution in [-0.2, 0) is 16.2 Å². The van der Waals surface area contributed by atoms with Crippen LogP contribution in [0.2, 0.25) is 10.0 Å². The van der Waals surface area contributed by atoms with Crippen LogP contribution < -0.4 is 9.47 Å². The highest BCUT2D eigenvalue weighted by Gasteiger charge is 2.73. The Bertz CT molecular complexity index is 1290. The lowest BCUT2D eigenvalue weighted by atomic mass is 9.85. The summed E-state index contributed by atoms with van der Waals surface area (Å²) in [7, 11) is 1.56. The number of hydrogen-bond donors (Lipinski definition) is 0. The van der Waals surface area contributed by atoms with Gasteiger partial charge in [-0.2, -0.15) is 10.1 Å². The summed E-state index contributed by atoms with van der Waals surface area (Å²) in [5, 5.41) is 6.47. The van der Waals surface area contributed by atoms with E-state index in [1.165, 1.54) is 6.21 Å². The predicted octanol–water partition coefficient (Wildman–Crippen LogP) is 5.72. The Morgan fingerprint density at radius 3 is 2.40 bits per heavy atom. The molecule has 6 rings (SSSR count). The van der Waals surface area contributed by atoms with Gasteiger partial charge in [0.1, 0.15) is 6.61 Å². The number of ether oxygens (including phenoxy) is 2. The summed E-state index contributed by atoms with van der Waals surface area (Å²) in [5.74, 6) is 0.557. The Morgan fingerprint density at radius 2 is 1.80 bits per heavy atom. The fourth-order valence-corrected chi connectivity index (χ4v) is 7.29. The number of nitrogens with zero attached hydrogens (tertiary/aromatic N) is 2. The molecule has 4 atom stereocenters. The number of benzene rings is 2. The standard InChI is InChI=1S/C26H21Cl2IN2O4/c1-34-20-9-13(8-19(29)23(20)35-12-14-2-3-15(27)10-18(14)28)11-30-31-24(32)21-16-4-5-17(22(21)25(31)33)26(16)6-7-26/h2-5,8-11,16-17,21-22H,6-7,12H2,1H3/b30-11-/t16-,17-,21-,22-/m1/s1. The number of imide groups is 1. The SMILES string of the molecule is COc1cc(/C=N\N2C(=O)[C@H]3[C@H](C2=O)[C@H]2C=C[C@H]3C23CC3)cc(I)c1OCc1ccc(Cl)cc1Cl. The van der Waals surface area contributed by atoms with Gasteiger partial charge in [0, 0.05) is 15.6 Å². The summed E-state index contributed by atoms with van der Waals surface area (Å²) in [6.07, 6.45) is 8.07. The Labute approximate surface area is 226 Å². The van der Waals surface area contributed by atoms with Gasteiger partial charge < -0.3 is 9.47 Å². The van der Waals surface area contributed by atoms with Crippen LogP contribution in [-0.4, -0.2) is 30.1 Å². The Balaban J connectivity index is 1.20. The minimum atomic E-state index is -0.262. The van der Waals surface area contributed by atoms with Gasteiger partial charge >= 0.3 is 0 Å². The van der Waals surface area contributed by atoms with Crippen LogP contribution in [0, 0.1) is 32.7 Å². The zero-order valence-electron chi connectivity index (χ0n) is 18.7. The molecule has 3 fully saturated rings. The maximum absolute atomic E-state index is 13.1. The normalized spacial score (nSPS) is 27.4. The Morgan fingerprint density at radius 1 is 1.11 bits per heavy atom. The second-order valence-corrected chi connectivity index (χ2v) is 11.5. The van der Waals surface area contributed by atoms with Gasteiger partial charge in [-0.15, -0.1) is 0 Å². The molecule has 3 aliphatic carbocycles. The number of methoxy groups -OCH3 is 1. The van der Waals surface area contributed by atoms with Gasteiger partial charge in [0.25, 0.3) is 11.8 Å². The van der Waals surface area contributed by atoms with Gasteiger partial charge in [0.05, 0.1) is 28.7 Å². The van der Waals surface area contributed by atoms with Gasteiger partial charge in [-0.05, 0) is 82.5 Å². The lowest BCUT2D eigenvalue weighted by molar-refractivity contribution is -0.141. The Hall–Kier alpha value is -2.10. The number of hydrazone groups is 1. The van der Waals surface area contributed by atoms with Crippen molar-refractivity contribution < 1.29 is 19.1 Å². The van der Waals surface area contributed by atoms with Crippen molar-refractivity contribution in [3.05, 3.63) is 67.2 Å². The van der Waals surface area contributed by atoms with Crippen molar-refractivity contribution in [2.75, 3.05) is 7.11 Å². The maximum Gasteiger partial charge on any atom is 0.254 e. The molecule has 2 aromatic rings. The summed E-state index contributed by atoms with van der Waals surface area (Å²) in [4.78, 5) is 26.3. The molecule has 1 heterocycles. The van der Waals surface area contributed by atoms with Crippen LogP contribution in [0.1, 0.15) is 24.0 Å². The number of hydrogen-bond acceptors (Lipinski definition) is 5. The molecule has 35 heavy (non-hydrogen) atoms. The molecule has 0 N–H and O–H groups in total. The zero-order valence-corrected chi connectivity index (χ0v) is 22.4. The lowest BCUT2D eigenvalue weighted by Crippen LogP contribution is -2.30. The van der Waals surface area contributed by atoms with Gasteiger partial charge in [-0.25, -0.2) is 0 Å².